The van der Waals surface area contributed by atoms with Gasteiger partial charge in [0, 0.05) is 11.4 Å². The Hall–Kier alpha value is -1.79. The highest BCUT2D eigenvalue weighted by molar-refractivity contribution is 7.48. The zero-order valence-corrected chi connectivity index (χ0v) is 19.8. The normalized spacial score (nSPS) is 11.2. The Morgan fingerprint density at radius 3 is 2.03 bits per heavy atom. The fourth-order valence-corrected chi connectivity index (χ4v) is 4.50. The molecular formula is C26H37O2P. The van der Waals surface area contributed by atoms with Crippen molar-refractivity contribution in [1.82, 2.24) is 0 Å². The van der Waals surface area contributed by atoms with E-state index in [0.29, 0.717) is 0 Å². The quantitative estimate of drug-likeness (QED) is 0.272. The van der Waals surface area contributed by atoms with Crippen molar-refractivity contribution in [3.63, 3.8) is 0 Å². The van der Waals surface area contributed by atoms with Gasteiger partial charge in [0.05, 0.1) is 13.2 Å². The van der Waals surface area contributed by atoms with Crippen molar-refractivity contribution in [3.8, 4) is 11.5 Å². The molecule has 2 aromatic rings. The number of rotatable bonds is 12. The van der Waals surface area contributed by atoms with Crippen molar-refractivity contribution in [2.45, 2.75) is 73.1 Å². The summed E-state index contributed by atoms with van der Waals surface area (Å²) in [6.07, 6.45) is 7.02. The summed E-state index contributed by atoms with van der Waals surface area (Å²) in [5, 5.41) is 1.20. The zero-order valence-electron chi connectivity index (χ0n) is 18.9. The van der Waals surface area contributed by atoms with E-state index >= 15 is 0 Å². The predicted molar refractivity (Wildman–Crippen MR) is 129 cm³/mol. The summed E-state index contributed by atoms with van der Waals surface area (Å²) in [7, 11) is 1.15. The van der Waals surface area contributed by atoms with E-state index in [0.717, 1.165) is 45.8 Å². The van der Waals surface area contributed by atoms with Gasteiger partial charge >= 0.3 is 0 Å². The fraction of sp³-hybridized carbons (Fsp3) is 0.500. The highest BCUT2D eigenvalue weighted by Gasteiger charge is 2.07. The van der Waals surface area contributed by atoms with Gasteiger partial charge in [-0.1, -0.05) is 65.4 Å². The molecule has 29 heavy (non-hydrogen) atoms. The summed E-state index contributed by atoms with van der Waals surface area (Å²) >= 11 is 0. The fourth-order valence-electron chi connectivity index (χ4n) is 3.41. The minimum absolute atomic E-state index is 0.762. The Labute approximate surface area is 179 Å². The van der Waals surface area contributed by atoms with Gasteiger partial charge in [-0.2, -0.15) is 0 Å². The average molecular weight is 413 g/mol. The van der Waals surface area contributed by atoms with Gasteiger partial charge in [0.2, 0.25) is 0 Å². The third-order valence-corrected chi connectivity index (χ3v) is 6.06. The standard InChI is InChI=1S/C26H37O2P/c1-6-8-10-14-27-23-12-13-26(25(18-23)28-15-11-9-7-2)29-19-24-21(4)16-20(3)17-22(24)5/h12-13,16-19H,6-11,14-15H2,1-5H3. The highest BCUT2D eigenvalue weighted by atomic mass is 31.1. The molecule has 0 radical (unpaired) electrons. The van der Waals surface area contributed by atoms with Gasteiger partial charge in [-0.05, 0) is 68.2 Å². The molecule has 0 spiro atoms. The lowest BCUT2D eigenvalue weighted by Gasteiger charge is -2.12. The van der Waals surface area contributed by atoms with Crippen LogP contribution in [0.1, 0.15) is 74.6 Å². The summed E-state index contributed by atoms with van der Waals surface area (Å²) in [5.41, 5.74) is 5.31. The first-order valence-electron chi connectivity index (χ1n) is 11.1. The molecule has 0 saturated carbocycles. The van der Waals surface area contributed by atoms with Crippen LogP contribution in [0.15, 0.2) is 30.3 Å². The minimum atomic E-state index is 0.762. The van der Waals surface area contributed by atoms with Crippen LogP contribution in [0, 0.1) is 20.8 Å². The van der Waals surface area contributed by atoms with Crippen LogP contribution in [0.25, 0.3) is 0 Å². The van der Waals surface area contributed by atoms with Crippen LogP contribution < -0.4 is 14.8 Å². The third kappa shape index (κ3) is 7.86. The van der Waals surface area contributed by atoms with E-state index in [1.807, 2.05) is 0 Å². The van der Waals surface area contributed by atoms with Crippen LogP contribution in [0.4, 0.5) is 0 Å². The first-order chi connectivity index (χ1) is 14.0. The molecule has 0 aliphatic carbocycles. The molecular weight excluding hydrogens is 375 g/mol. The van der Waals surface area contributed by atoms with Crippen molar-refractivity contribution in [2.75, 3.05) is 13.2 Å². The van der Waals surface area contributed by atoms with E-state index in [1.165, 1.54) is 53.2 Å². The molecule has 0 heterocycles. The Morgan fingerprint density at radius 1 is 0.793 bits per heavy atom. The molecule has 0 aliphatic rings. The van der Waals surface area contributed by atoms with Crippen LogP contribution in [-0.2, 0) is 0 Å². The molecule has 158 valence electrons. The van der Waals surface area contributed by atoms with Crippen LogP contribution in [0.2, 0.25) is 0 Å². The largest absolute Gasteiger partial charge is 0.493 e. The summed E-state index contributed by atoms with van der Waals surface area (Å²) in [6, 6.07) is 10.8. The van der Waals surface area contributed by atoms with Gasteiger partial charge in [-0.25, -0.2) is 0 Å². The molecule has 0 bridgehead atoms. The van der Waals surface area contributed by atoms with Crippen LogP contribution in [0.3, 0.4) is 0 Å². The van der Waals surface area contributed by atoms with Crippen molar-refractivity contribution >= 4 is 19.3 Å². The SMILES string of the molecule is CCCCCOc1ccc(P=Cc2c(C)cc(C)cc2C)c(OCCCCC)c1. The Bertz CT molecular complexity index is 772. The molecule has 2 rings (SSSR count). The van der Waals surface area contributed by atoms with E-state index in [-0.39, 0.29) is 0 Å². The highest BCUT2D eigenvalue weighted by Crippen LogP contribution is 2.24. The lowest BCUT2D eigenvalue weighted by atomic mass is 10.0. The lowest BCUT2D eigenvalue weighted by Crippen LogP contribution is -2.07. The monoisotopic (exact) mass is 412 g/mol. The second-order valence-corrected chi connectivity index (χ2v) is 8.81. The number of aryl methyl sites for hydroxylation is 3. The molecule has 0 fully saturated rings. The minimum Gasteiger partial charge on any atom is -0.493 e. The van der Waals surface area contributed by atoms with Crippen LogP contribution >= 0.6 is 8.20 Å². The van der Waals surface area contributed by atoms with E-state index < -0.39 is 0 Å². The zero-order chi connectivity index (χ0) is 21.1. The molecule has 3 heteroatoms. The van der Waals surface area contributed by atoms with Gasteiger partial charge in [0.25, 0.3) is 0 Å². The summed E-state index contributed by atoms with van der Waals surface area (Å²) in [4.78, 5) is 0. The topological polar surface area (TPSA) is 18.5 Å². The number of benzene rings is 2. The molecule has 0 amide bonds. The molecule has 0 aliphatic heterocycles. The first-order valence-corrected chi connectivity index (χ1v) is 12.0. The summed E-state index contributed by atoms with van der Waals surface area (Å²) in [5.74, 6) is 4.17. The van der Waals surface area contributed by atoms with E-state index in [2.05, 4.69) is 70.7 Å². The van der Waals surface area contributed by atoms with Crippen molar-refractivity contribution in [1.29, 1.82) is 0 Å². The van der Waals surface area contributed by atoms with Gasteiger partial charge in [-0.15, -0.1) is 0 Å². The second kappa shape index (κ2) is 12.7. The Kier molecular flexibility index (Phi) is 10.3. The van der Waals surface area contributed by atoms with Gasteiger partial charge in [-0.3, -0.25) is 0 Å². The maximum Gasteiger partial charge on any atom is 0.134 e. The molecule has 2 nitrogen and oxygen atoms in total. The summed E-state index contributed by atoms with van der Waals surface area (Å²) in [6.45, 7) is 12.5. The second-order valence-electron chi connectivity index (χ2n) is 7.81. The Morgan fingerprint density at radius 2 is 1.41 bits per heavy atom. The molecule has 0 unspecified atom stereocenters. The maximum atomic E-state index is 6.17. The van der Waals surface area contributed by atoms with Crippen molar-refractivity contribution in [2.24, 2.45) is 0 Å². The third-order valence-electron chi connectivity index (χ3n) is 5.02. The number of ether oxygens (including phenoxy) is 2. The number of hydrogen-bond donors (Lipinski definition) is 0. The van der Waals surface area contributed by atoms with Crippen LogP contribution in [-0.4, -0.2) is 19.0 Å². The van der Waals surface area contributed by atoms with Gasteiger partial charge in [0.1, 0.15) is 11.5 Å². The number of unbranched alkanes of at least 4 members (excludes halogenated alkanes) is 4. The van der Waals surface area contributed by atoms with Crippen molar-refractivity contribution in [3.05, 3.63) is 52.6 Å². The molecule has 2 aromatic carbocycles. The van der Waals surface area contributed by atoms with Gasteiger partial charge < -0.3 is 9.47 Å². The molecule has 0 aromatic heterocycles. The van der Waals surface area contributed by atoms with E-state index in [9.17, 15) is 0 Å². The molecule has 0 atom stereocenters. The van der Waals surface area contributed by atoms with E-state index in [4.69, 9.17) is 9.47 Å². The molecule has 0 saturated heterocycles. The van der Waals surface area contributed by atoms with E-state index in [1.54, 1.807) is 0 Å². The van der Waals surface area contributed by atoms with Gasteiger partial charge in [0.15, 0.2) is 0 Å². The predicted octanol–water partition coefficient (Wildman–Crippen LogP) is 7.17. The van der Waals surface area contributed by atoms with Crippen LogP contribution in [0.5, 0.6) is 11.5 Å². The molecule has 0 N–H and O–H groups in total. The van der Waals surface area contributed by atoms with Crippen molar-refractivity contribution < 1.29 is 9.47 Å². The lowest BCUT2D eigenvalue weighted by molar-refractivity contribution is 0.293. The Balaban J connectivity index is 2.19. The maximum absolute atomic E-state index is 6.17. The first kappa shape index (κ1) is 23.5. The average Bonchev–Trinajstić information content (AvgIpc) is 2.69. The smallest absolute Gasteiger partial charge is 0.134 e. The number of hydrogen-bond acceptors (Lipinski definition) is 2. The summed E-state index contributed by atoms with van der Waals surface area (Å²) < 4.78 is 12.1.